The molecule has 0 spiro atoms. The number of rotatable bonds is 4. The van der Waals surface area contributed by atoms with Gasteiger partial charge < -0.3 is 10.2 Å². The van der Waals surface area contributed by atoms with Crippen LogP contribution < -0.4 is 5.32 Å². The number of nitrogens with zero attached hydrogens (tertiary/aromatic N) is 1. The third kappa shape index (κ3) is 3.56. The van der Waals surface area contributed by atoms with E-state index in [1.54, 1.807) is 0 Å². The number of carbonyl (C=O) groups is 2. The van der Waals surface area contributed by atoms with Gasteiger partial charge >= 0.3 is 0 Å². The van der Waals surface area contributed by atoms with Gasteiger partial charge in [0.2, 0.25) is 11.8 Å². The van der Waals surface area contributed by atoms with Gasteiger partial charge in [-0.15, -0.1) is 0 Å². The first-order valence-corrected chi connectivity index (χ1v) is 7.83. The molecule has 1 saturated carbocycles. The molecule has 3 rings (SSSR count). The molecule has 1 aromatic carbocycles. The van der Waals surface area contributed by atoms with Gasteiger partial charge in [0, 0.05) is 30.6 Å². The Bertz CT molecular complexity index is 540. The van der Waals surface area contributed by atoms with Crippen molar-refractivity contribution < 1.29 is 9.59 Å². The molecule has 0 unspecified atom stereocenters. The van der Waals surface area contributed by atoms with Crippen LogP contribution in [0.4, 0.5) is 0 Å². The van der Waals surface area contributed by atoms with Gasteiger partial charge in [0.05, 0.1) is 5.92 Å². The Balaban J connectivity index is 1.53. The topological polar surface area (TPSA) is 49.4 Å². The molecule has 1 atom stereocenters. The summed E-state index contributed by atoms with van der Waals surface area (Å²) < 4.78 is 0. The van der Waals surface area contributed by atoms with Crippen LogP contribution in [0.25, 0.3) is 0 Å². The quantitative estimate of drug-likeness (QED) is 0.928. The van der Waals surface area contributed by atoms with E-state index in [2.05, 4.69) is 5.32 Å². The molecule has 2 amide bonds. The predicted molar refractivity (Wildman–Crippen MR) is 80.8 cm³/mol. The average Bonchev–Trinajstić information content (AvgIpc) is 3.31. The normalized spacial score (nSPS) is 22.2. The summed E-state index contributed by atoms with van der Waals surface area (Å²) in [5, 5.41) is 3.65. The zero-order valence-electron chi connectivity index (χ0n) is 11.8. The van der Waals surface area contributed by atoms with E-state index in [1.807, 2.05) is 29.2 Å². The molecule has 0 aromatic heterocycles. The van der Waals surface area contributed by atoms with E-state index < -0.39 is 0 Å². The Morgan fingerprint density at radius 2 is 1.95 bits per heavy atom. The van der Waals surface area contributed by atoms with Crippen LogP contribution in [-0.2, 0) is 16.1 Å². The summed E-state index contributed by atoms with van der Waals surface area (Å²) in [5.41, 5.74) is 1.03. The minimum absolute atomic E-state index is 0.0445. The van der Waals surface area contributed by atoms with E-state index in [-0.39, 0.29) is 17.7 Å². The number of piperidine rings is 1. The van der Waals surface area contributed by atoms with Crippen molar-refractivity contribution in [3.8, 4) is 0 Å². The monoisotopic (exact) mass is 306 g/mol. The second-order valence-corrected chi connectivity index (χ2v) is 6.29. The number of benzene rings is 1. The molecule has 1 aliphatic heterocycles. The van der Waals surface area contributed by atoms with E-state index in [9.17, 15) is 9.59 Å². The lowest BCUT2D eigenvalue weighted by molar-refractivity contribution is -0.138. The first-order valence-electron chi connectivity index (χ1n) is 7.45. The van der Waals surface area contributed by atoms with Gasteiger partial charge in [0.25, 0.3) is 0 Å². The van der Waals surface area contributed by atoms with E-state index in [0.29, 0.717) is 37.0 Å². The van der Waals surface area contributed by atoms with Crippen LogP contribution in [0.1, 0.15) is 31.2 Å². The molecular formula is C16H19ClN2O2. The summed E-state index contributed by atoms with van der Waals surface area (Å²) in [4.78, 5) is 26.0. The van der Waals surface area contributed by atoms with Gasteiger partial charge in [-0.1, -0.05) is 23.7 Å². The van der Waals surface area contributed by atoms with Crippen LogP contribution in [0.3, 0.4) is 0 Å². The Morgan fingerprint density at radius 1 is 1.24 bits per heavy atom. The zero-order chi connectivity index (χ0) is 14.8. The summed E-state index contributed by atoms with van der Waals surface area (Å²) in [6, 6.07) is 7.84. The second kappa shape index (κ2) is 6.06. The first kappa shape index (κ1) is 14.4. The maximum absolute atomic E-state index is 12.3. The minimum atomic E-state index is -0.0735. The third-order valence-electron chi connectivity index (χ3n) is 4.18. The molecule has 1 saturated heterocycles. The number of hydrogen-bond donors (Lipinski definition) is 1. The SMILES string of the molecule is O=C(NCc1ccc(Cl)cc1)[C@@H]1CCC(=O)N(C2CC2)C1. The van der Waals surface area contributed by atoms with Gasteiger partial charge in [-0.05, 0) is 37.0 Å². The number of nitrogens with one attached hydrogen (secondary N) is 1. The van der Waals surface area contributed by atoms with Crippen molar-refractivity contribution >= 4 is 23.4 Å². The number of carbonyl (C=O) groups excluding carboxylic acids is 2. The highest BCUT2D eigenvalue weighted by Crippen LogP contribution is 2.31. The minimum Gasteiger partial charge on any atom is -0.352 e. The van der Waals surface area contributed by atoms with Crippen molar-refractivity contribution in [1.82, 2.24) is 10.2 Å². The Kier molecular flexibility index (Phi) is 4.15. The van der Waals surface area contributed by atoms with Crippen LogP contribution >= 0.6 is 11.6 Å². The molecule has 21 heavy (non-hydrogen) atoms. The van der Waals surface area contributed by atoms with Gasteiger partial charge in [0.1, 0.15) is 0 Å². The van der Waals surface area contributed by atoms with Crippen molar-refractivity contribution in [3.63, 3.8) is 0 Å². The van der Waals surface area contributed by atoms with Gasteiger partial charge in [-0.2, -0.15) is 0 Å². The number of halogens is 1. The van der Waals surface area contributed by atoms with Crippen LogP contribution in [0.5, 0.6) is 0 Å². The number of hydrogen-bond acceptors (Lipinski definition) is 2. The van der Waals surface area contributed by atoms with Crippen LogP contribution in [-0.4, -0.2) is 29.3 Å². The lowest BCUT2D eigenvalue weighted by Gasteiger charge is -2.32. The Labute approximate surface area is 129 Å². The number of likely N-dealkylation sites (tertiary alicyclic amines) is 1. The van der Waals surface area contributed by atoms with Gasteiger partial charge in [-0.3, -0.25) is 9.59 Å². The van der Waals surface area contributed by atoms with Gasteiger partial charge in [-0.25, -0.2) is 0 Å². The molecule has 1 N–H and O–H groups in total. The van der Waals surface area contributed by atoms with E-state index in [0.717, 1.165) is 18.4 Å². The van der Waals surface area contributed by atoms with Crippen molar-refractivity contribution in [2.45, 2.75) is 38.3 Å². The number of amides is 2. The van der Waals surface area contributed by atoms with E-state index >= 15 is 0 Å². The Morgan fingerprint density at radius 3 is 2.62 bits per heavy atom. The standard InChI is InChI=1S/C16H19ClN2O2/c17-13-4-1-11(2-5-13)9-18-16(21)12-3-8-15(20)19(10-12)14-6-7-14/h1-2,4-5,12,14H,3,6-10H2,(H,18,21)/t12-/m1/s1. The van der Waals surface area contributed by atoms with Crippen LogP contribution in [0.2, 0.25) is 5.02 Å². The van der Waals surface area contributed by atoms with E-state index in [4.69, 9.17) is 11.6 Å². The van der Waals surface area contributed by atoms with Crippen LogP contribution in [0.15, 0.2) is 24.3 Å². The fraction of sp³-hybridized carbons (Fsp3) is 0.500. The van der Waals surface area contributed by atoms with Gasteiger partial charge in [0.15, 0.2) is 0 Å². The Hall–Kier alpha value is -1.55. The lowest BCUT2D eigenvalue weighted by Crippen LogP contribution is -2.46. The second-order valence-electron chi connectivity index (χ2n) is 5.86. The molecule has 2 aliphatic rings. The van der Waals surface area contributed by atoms with Crippen molar-refractivity contribution in [2.24, 2.45) is 5.92 Å². The van der Waals surface area contributed by atoms with Crippen LogP contribution in [0, 0.1) is 5.92 Å². The molecule has 0 bridgehead atoms. The third-order valence-corrected chi connectivity index (χ3v) is 4.43. The molecule has 1 aliphatic carbocycles. The summed E-state index contributed by atoms with van der Waals surface area (Å²) in [7, 11) is 0. The highest BCUT2D eigenvalue weighted by Gasteiger charge is 2.38. The molecule has 112 valence electrons. The summed E-state index contributed by atoms with van der Waals surface area (Å²) in [6.45, 7) is 1.08. The predicted octanol–water partition coefficient (Wildman–Crippen LogP) is 2.36. The fourth-order valence-corrected chi connectivity index (χ4v) is 2.89. The van der Waals surface area contributed by atoms with Crippen molar-refractivity contribution in [3.05, 3.63) is 34.9 Å². The van der Waals surface area contributed by atoms with Crippen molar-refractivity contribution in [1.29, 1.82) is 0 Å². The molecule has 1 aromatic rings. The molecule has 4 nitrogen and oxygen atoms in total. The first-order chi connectivity index (χ1) is 10.1. The lowest BCUT2D eigenvalue weighted by atomic mass is 9.96. The van der Waals surface area contributed by atoms with E-state index in [1.165, 1.54) is 0 Å². The zero-order valence-corrected chi connectivity index (χ0v) is 12.6. The fourth-order valence-electron chi connectivity index (χ4n) is 2.76. The summed E-state index contributed by atoms with van der Waals surface area (Å²) >= 11 is 5.84. The maximum Gasteiger partial charge on any atom is 0.225 e. The largest absolute Gasteiger partial charge is 0.352 e. The molecular weight excluding hydrogens is 288 g/mol. The average molecular weight is 307 g/mol. The van der Waals surface area contributed by atoms with Crippen molar-refractivity contribution in [2.75, 3.05) is 6.54 Å². The summed E-state index contributed by atoms with van der Waals surface area (Å²) in [5.74, 6) is 0.179. The molecule has 2 fully saturated rings. The molecule has 5 heteroatoms. The molecule has 1 heterocycles. The maximum atomic E-state index is 12.3. The highest BCUT2D eigenvalue weighted by molar-refractivity contribution is 6.30. The smallest absolute Gasteiger partial charge is 0.225 e. The highest BCUT2D eigenvalue weighted by atomic mass is 35.5. The summed E-state index contributed by atoms with van der Waals surface area (Å²) in [6.07, 6.45) is 3.33. The molecule has 0 radical (unpaired) electrons.